The van der Waals surface area contributed by atoms with Gasteiger partial charge >= 0.3 is 6.36 Å². The molecule has 6 heteroatoms. The summed E-state index contributed by atoms with van der Waals surface area (Å²) in [5.41, 5.74) is 0. The molecule has 0 aliphatic heterocycles. The van der Waals surface area contributed by atoms with Crippen LogP contribution in [0.15, 0.2) is 12.1 Å². The average molecular weight is 197 g/mol. The zero-order valence-corrected chi connectivity index (χ0v) is 5.95. The van der Waals surface area contributed by atoms with Crippen LogP contribution >= 0.6 is 0 Å². The van der Waals surface area contributed by atoms with Gasteiger partial charge in [0.15, 0.2) is 11.6 Å². The largest absolute Gasteiger partial charge is 0.573 e. The molecule has 0 aliphatic rings. The normalized spacial score (nSPS) is 11.5. The van der Waals surface area contributed by atoms with E-state index in [0.717, 1.165) is 0 Å². The number of rotatable bonds is 1. The lowest BCUT2D eigenvalue weighted by Crippen LogP contribution is -2.18. The van der Waals surface area contributed by atoms with E-state index in [9.17, 15) is 22.0 Å². The standard InChI is InChI=1S/C7H2F5O/c8-4-1-2-5(9)6(3-4)13-7(10,11)12/h1,3H. The van der Waals surface area contributed by atoms with Crippen LogP contribution in [0.3, 0.4) is 0 Å². The van der Waals surface area contributed by atoms with Crippen molar-refractivity contribution in [2.24, 2.45) is 0 Å². The molecule has 0 heterocycles. The Labute approximate surface area is 69.7 Å². The van der Waals surface area contributed by atoms with Gasteiger partial charge in [-0.15, -0.1) is 13.2 Å². The number of hydrogen-bond donors (Lipinski definition) is 0. The summed E-state index contributed by atoms with van der Waals surface area (Å²) in [6, 6.07) is 2.48. The fourth-order valence-electron chi connectivity index (χ4n) is 0.633. The summed E-state index contributed by atoms with van der Waals surface area (Å²) in [7, 11) is 0. The van der Waals surface area contributed by atoms with Crippen molar-refractivity contribution in [3.63, 3.8) is 0 Å². The summed E-state index contributed by atoms with van der Waals surface area (Å²) in [4.78, 5) is 0. The molecule has 1 nitrogen and oxygen atoms in total. The molecule has 1 aromatic rings. The van der Waals surface area contributed by atoms with Crippen molar-refractivity contribution in [3.8, 4) is 5.75 Å². The predicted octanol–water partition coefficient (Wildman–Crippen LogP) is 2.66. The molecule has 13 heavy (non-hydrogen) atoms. The number of halogens is 5. The van der Waals surface area contributed by atoms with Crippen molar-refractivity contribution in [1.29, 1.82) is 0 Å². The van der Waals surface area contributed by atoms with Gasteiger partial charge in [0.25, 0.3) is 0 Å². The van der Waals surface area contributed by atoms with Gasteiger partial charge in [-0.05, 0) is 6.07 Å². The highest BCUT2D eigenvalue weighted by Crippen LogP contribution is 2.25. The monoisotopic (exact) mass is 197 g/mol. The third-order valence-electron chi connectivity index (χ3n) is 1.05. The van der Waals surface area contributed by atoms with Gasteiger partial charge in [-0.2, -0.15) is 0 Å². The first-order valence-corrected chi connectivity index (χ1v) is 3.01. The maximum absolute atomic E-state index is 12.5. The Morgan fingerprint density at radius 2 is 1.85 bits per heavy atom. The van der Waals surface area contributed by atoms with Gasteiger partial charge in [-0.25, -0.2) is 8.78 Å². The molecule has 0 aliphatic carbocycles. The highest BCUT2D eigenvalue weighted by atomic mass is 19.4. The van der Waals surface area contributed by atoms with Gasteiger partial charge in [-0.3, -0.25) is 0 Å². The smallest absolute Gasteiger partial charge is 0.403 e. The van der Waals surface area contributed by atoms with Gasteiger partial charge in [0.05, 0.1) is 0 Å². The Balaban J connectivity index is 2.94. The van der Waals surface area contributed by atoms with Crippen molar-refractivity contribution in [3.05, 3.63) is 29.8 Å². The highest BCUT2D eigenvalue weighted by molar-refractivity contribution is 5.24. The lowest BCUT2D eigenvalue weighted by molar-refractivity contribution is -0.275. The molecule has 0 aromatic heterocycles. The molecule has 71 valence electrons. The Morgan fingerprint density at radius 3 is 2.38 bits per heavy atom. The van der Waals surface area contributed by atoms with E-state index < -0.39 is 23.7 Å². The summed E-state index contributed by atoms with van der Waals surface area (Å²) >= 11 is 0. The van der Waals surface area contributed by atoms with E-state index in [2.05, 4.69) is 4.74 Å². The minimum atomic E-state index is -5.04. The summed E-state index contributed by atoms with van der Waals surface area (Å²) in [6.45, 7) is 0. The Kier molecular flexibility index (Phi) is 2.40. The van der Waals surface area contributed by atoms with Crippen LogP contribution in [0.25, 0.3) is 0 Å². The lowest BCUT2D eigenvalue weighted by Gasteiger charge is -2.08. The maximum atomic E-state index is 12.5. The van der Waals surface area contributed by atoms with Crippen LogP contribution in [0, 0.1) is 17.7 Å². The second-order valence-electron chi connectivity index (χ2n) is 2.04. The molecule has 0 fully saturated rings. The van der Waals surface area contributed by atoms with E-state index in [1.165, 1.54) is 0 Å². The molecule has 0 saturated heterocycles. The SMILES string of the molecule is Fc1c[c]c(F)c(OC(F)(F)F)c1. The number of benzene rings is 1. The van der Waals surface area contributed by atoms with Gasteiger partial charge in [0, 0.05) is 12.1 Å². The minimum Gasteiger partial charge on any atom is -0.403 e. The van der Waals surface area contributed by atoms with E-state index in [-0.39, 0.29) is 0 Å². The van der Waals surface area contributed by atoms with Gasteiger partial charge in [-0.1, -0.05) is 0 Å². The van der Waals surface area contributed by atoms with Crippen molar-refractivity contribution in [2.75, 3.05) is 0 Å². The van der Waals surface area contributed by atoms with Crippen molar-refractivity contribution < 1.29 is 26.7 Å². The summed E-state index contributed by atoms with van der Waals surface area (Å²) in [5, 5.41) is 0. The predicted molar refractivity (Wildman–Crippen MR) is 31.9 cm³/mol. The van der Waals surface area contributed by atoms with Crippen LogP contribution in [0.1, 0.15) is 0 Å². The van der Waals surface area contributed by atoms with Gasteiger partial charge < -0.3 is 4.74 Å². The summed E-state index contributed by atoms with van der Waals surface area (Å²) < 4.78 is 62.5. The topological polar surface area (TPSA) is 9.23 Å². The number of hydrogen-bond acceptors (Lipinski definition) is 1. The van der Waals surface area contributed by atoms with E-state index >= 15 is 0 Å². The molecule has 0 unspecified atom stereocenters. The first-order chi connectivity index (χ1) is 5.88. The quantitative estimate of drug-likeness (QED) is 0.629. The molecule has 1 radical (unpaired) electrons. The molecule has 0 N–H and O–H groups in total. The van der Waals surface area contributed by atoms with E-state index in [1.54, 1.807) is 6.07 Å². The summed E-state index contributed by atoms with van der Waals surface area (Å²) in [5.74, 6) is -3.67. The molecule has 0 amide bonds. The minimum absolute atomic E-state index is 0.291. The van der Waals surface area contributed by atoms with E-state index in [1.807, 2.05) is 0 Å². The number of alkyl halides is 3. The fraction of sp³-hybridized carbons (Fsp3) is 0.143. The van der Waals surface area contributed by atoms with Crippen LogP contribution in [0.2, 0.25) is 0 Å². The third-order valence-corrected chi connectivity index (χ3v) is 1.05. The maximum Gasteiger partial charge on any atom is 0.573 e. The molecule has 0 atom stereocenters. The second-order valence-corrected chi connectivity index (χ2v) is 2.04. The molecule has 0 spiro atoms. The average Bonchev–Trinajstić information content (AvgIpc) is 1.94. The van der Waals surface area contributed by atoms with Crippen LogP contribution in [0.5, 0.6) is 5.75 Å². The van der Waals surface area contributed by atoms with Crippen LogP contribution in [-0.2, 0) is 0 Å². The third kappa shape index (κ3) is 2.89. The zero-order valence-electron chi connectivity index (χ0n) is 5.95. The fourth-order valence-corrected chi connectivity index (χ4v) is 0.633. The Hall–Kier alpha value is -1.33. The van der Waals surface area contributed by atoms with E-state index in [0.29, 0.717) is 12.1 Å². The number of ether oxygens (including phenoxy) is 1. The van der Waals surface area contributed by atoms with Crippen molar-refractivity contribution in [2.45, 2.75) is 6.36 Å². The lowest BCUT2D eigenvalue weighted by atomic mass is 10.3. The first kappa shape index (κ1) is 9.76. The molecular weight excluding hydrogens is 195 g/mol. The van der Waals surface area contributed by atoms with Crippen molar-refractivity contribution in [1.82, 2.24) is 0 Å². The van der Waals surface area contributed by atoms with Crippen molar-refractivity contribution >= 4 is 0 Å². The van der Waals surface area contributed by atoms with E-state index in [4.69, 9.17) is 0 Å². The van der Waals surface area contributed by atoms with Crippen LogP contribution in [0.4, 0.5) is 22.0 Å². The van der Waals surface area contributed by atoms with Crippen LogP contribution in [-0.4, -0.2) is 6.36 Å². The second kappa shape index (κ2) is 3.20. The van der Waals surface area contributed by atoms with Gasteiger partial charge in [0.2, 0.25) is 0 Å². The Bertz CT molecular complexity index is 306. The summed E-state index contributed by atoms with van der Waals surface area (Å²) in [6.07, 6.45) is -5.04. The molecular formula is C7H2F5O. The van der Waals surface area contributed by atoms with Crippen LogP contribution < -0.4 is 4.74 Å². The molecule has 0 bridgehead atoms. The van der Waals surface area contributed by atoms with Gasteiger partial charge in [0.1, 0.15) is 5.82 Å². The zero-order chi connectivity index (χ0) is 10.1. The molecule has 0 saturated carbocycles. The Morgan fingerprint density at radius 1 is 1.23 bits per heavy atom. The highest BCUT2D eigenvalue weighted by Gasteiger charge is 2.32. The molecule has 1 rings (SSSR count). The molecule has 1 aromatic carbocycles. The first-order valence-electron chi connectivity index (χ1n) is 3.01.